The van der Waals surface area contributed by atoms with E-state index in [2.05, 4.69) is 20.5 Å². The highest BCUT2D eigenvalue weighted by molar-refractivity contribution is 6.33. The van der Waals surface area contributed by atoms with Gasteiger partial charge in [-0.05, 0) is 29.3 Å². The van der Waals surface area contributed by atoms with Crippen LogP contribution >= 0.6 is 11.8 Å². The van der Waals surface area contributed by atoms with Gasteiger partial charge in [-0.25, -0.2) is 4.79 Å². The minimum atomic E-state index is -1.25. The molecule has 1 aromatic heterocycles. The number of carbonyl (C=O) groups is 2. The Labute approximate surface area is 119 Å². The number of Topliss-reactive ketones (excluding diaryl/α,β-unsaturated/α-hetero) is 1. The predicted molar refractivity (Wildman–Crippen MR) is 71.1 cm³/mol. The quantitative estimate of drug-likeness (QED) is 0.648. The first-order valence-corrected chi connectivity index (χ1v) is 5.91. The predicted octanol–water partition coefficient (Wildman–Crippen LogP) is 1.34. The maximum Gasteiger partial charge on any atom is 0.410 e. The number of nitrogens with zero attached hydrogens (tertiary/aromatic N) is 4. The van der Waals surface area contributed by atoms with Gasteiger partial charge in [0.25, 0.3) is 0 Å². The van der Waals surface area contributed by atoms with Crippen molar-refractivity contribution in [1.29, 1.82) is 0 Å². The lowest BCUT2D eigenvalue weighted by molar-refractivity contribution is -0.840. The lowest BCUT2D eigenvalue weighted by atomic mass is 10.1. The molecule has 2 N–H and O–H groups in total. The highest BCUT2D eigenvalue weighted by Gasteiger charge is 2.33. The molecule has 2 heterocycles. The molecule has 0 bridgehead atoms. The number of quaternary nitrogens is 1. The first-order valence-electron chi connectivity index (χ1n) is 5.57. The Morgan fingerprint density at radius 1 is 1.50 bits per heavy atom. The first kappa shape index (κ1) is 14.1. The van der Waals surface area contributed by atoms with Crippen LogP contribution in [-0.2, 0) is 6.54 Å². The van der Waals surface area contributed by atoms with E-state index in [0.29, 0.717) is 11.3 Å². The number of pyridine rings is 1. The third-order valence-electron chi connectivity index (χ3n) is 2.44. The van der Waals surface area contributed by atoms with Crippen molar-refractivity contribution in [2.45, 2.75) is 13.5 Å². The fourth-order valence-corrected chi connectivity index (χ4v) is 1.84. The van der Waals surface area contributed by atoms with Crippen molar-refractivity contribution in [3.63, 3.8) is 0 Å². The van der Waals surface area contributed by atoms with Crippen molar-refractivity contribution in [1.82, 2.24) is 10.3 Å². The number of hydrogen-bond acceptors (Lipinski definition) is 5. The molecule has 1 amide bonds. The summed E-state index contributed by atoms with van der Waals surface area (Å²) < 4.78 is -0.635. The van der Waals surface area contributed by atoms with Gasteiger partial charge in [-0.15, -0.1) is 0 Å². The molecule has 0 saturated carbocycles. The number of carboxylic acid groups (broad SMARTS) is 1. The summed E-state index contributed by atoms with van der Waals surface area (Å²) in [5.74, 6) is -0.0494. The summed E-state index contributed by atoms with van der Waals surface area (Å²) in [6.07, 6.45) is 1.46. The van der Waals surface area contributed by atoms with E-state index in [1.165, 1.54) is 19.3 Å². The zero-order valence-corrected chi connectivity index (χ0v) is 11.2. The van der Waals surface area contributed by atoms with Crippen LogP contribution in [0, 0.1) is 0 Å². The number of carbonyl (C=O) groups excluding carboxylic acids is 1. The van der Waals surface area contributed by atoms with Crippen LogP contribution in [0.3, 0.4) is 0 Å². The van der Waals surface area contributed by atoms with E-state index < -0.39 is 10.3 Å². The minimum absolute atomic E-state index is 0.0372. The van der Waals surface area contributed by atoms with E-state index in [-0.39, 0.29) is 18.2 Å². The normalized spacial score (nSPS) is 20.6. The van der Waals surface area contributed by atoms with Gasteiger partial charge in [-0.2, -0.15) is 0 Å². The van der Waals surface area contributed by atoms with Crippen molar-refractivity contribution < 1.29 is 18.9 Å². The maximum absolute atomic E-state index is 11.3. The second-order valence-corrected chi connectivity index (χ2v) is 4.59. The molecule has 0 aromatic carbocycles. The van der Waals surface area contributed by atoms with Crippen LogP contribution in [-0.4, -0.2) is 38.2 Å². The molecular formula is C11H11ClN5O3+. The average Bonchev–Trinajstić information content (AvgIpc) is 2.69. The fraction of sp³-hybridized carbons (Fsp3) is 0.182. The van der Waals surface area contributed by atoms with Crippen molar-refractivity contribution in [2.24, 2.45) is 10.2 Å². The van der Waals surface area contributed by atoms with Gasteiger partial charge in [0.15, 0.2) is 12.3 Å². The summed E-state index contributed by atoms with van der Waals surface area (Å²) in [6.45, 7) is 1.54. The standard InChI is InChI=1S/C11H10ClN5O3/c1-7(18)8-2-3-13-9(4-8)6-17(12)14-5-10(16-17)15-11(19)20/h2-5H,6H2,1H3,(H-,15,16,19,20)/p+1. The van der Waals surface area contributed by atoms with E-state index in [9.17, 15) is 9.59 Å². The number of nitrogens with one attached hydrogen (secondary N) is 1. The minimum Gasteiger partial charge on any atom is -0.465 e. The topological polar surface area (TPSA) is 104 Å². The van der Waals surface area contributed by atoms with Crippen LogP contribution < -0.4 is 5.32 Å². The van der Waals surface area contributed by atoms with Crippen molar-refractivity contribution in [3.05, 3.63) is 29.6 Å². The van der Waals surface area contributed by atoms with Gasteiger partial charge in [0.2, 0.25) is 17.6 Å². The summed E-state index contributed by atoms with van der Waals surface area (Å²) in [4.78, 5) is 25.9. The molecule has 1 atom stereocenters. The van der Waals surface area contributed by atoms with Gasteiger partial charge in [0, 0.05) is 16.0 Å². The lowest BCUT2D eigenvalue weighted by Crippen LogP contribution is -2.30. The summed E-state index contributed by atoms with van der Waals surface area (Å²) >= 11 is 6.11. The van der Waals surface area contributed by atoms with Gasteiger partial charge in [0.05, 0.1) is 0 Å². The number of hydrogen-bond donors (Lipinski definition) is 2. The van der Waals surface area contributed by atoms with Gasteiger partial charge >= 0.3 is 6.09 Å². The van der Waals surface area contributed by atoms with E-state index in [0.717, 1.165) is 0 Å². The van der Waals surface area contributed by atoms with Crippen LogP contribution in [0.1, 0.15) is 23.0 Å². The monoisotopic (exact) mass is 296 g/mol. The van der Waals surface area contributed by atoms with Crippen LogP contribution in [0.15, 0.2) is 28.5 Å². The molecule has 20 heavy (non-hydrogen) atoms. The van der Waals surface area contributed by atoms with Gasteiger partial charge in [-0.3, -0.25) is 15.1 Å². The van der Waals surface area contributed by atoms with Crippen LogP contribution in [0.25, 0.3) is 0 Å². The van der Waals surface area contributed by atoms with E-state index in [1.54, 1.807) is 12.1 Å². The first-order chi connectivity index (χ1) is 9.38. The Balaban J connectivity index is 2.16. The molecule has 0 radical (unpaired) electrons. The summed E-state index contributed by atoms with van der Waals surface area (Å²) in [5, 5.41) is 18.4. The summed E-state index contributed by atoms with van der Waals surface area (Å²) in [5.41, 5.74) is 1.03. The van der Waals surface area contributed by atoms with E-state index in [4.69, 9.17) is 16.9 Å². The molecule has 0 saturated heterocycles. The molecule has 1 aromatic rings. The largest absolute Gasteiger partial charge is 0.465 e. The molecule has 1 aliphatic rings. The molecular weight excluding hydrogens is 286 g/mol. The van der Waals surface area contributed by atoms with E-state index in [1.807, 2.05) is 0 Å². The smallest absolute Gasteiger partial charge is 0.410 e. The molecule has 104 valence electrons. The zero-order valence-electron chi connectivity index (χ0n) is 10.4. The summed E-state index contributed by atoms with van der Waals surface area (Å²) in [7, 11) is 0. The Kier molecular flexibility index (Phi) is 3.77. The molecule has 0 aliphatic carbocycles. The van der Waals surface area contributed by atoms with Crippen LogP contribution in [0.5, 0.6) is 0 Å². The van der Waals surface area contributed by atoms with Crippen LogP contribution in [0.2, 0.25) is 0 Å². The molecule has 9 heteroatoms. The van der Waals surface area contributed by atoms with Crippen molar-refractivity contribution >= 4 is 35.7 Å². The Bertz CT molecular complexity index is 630. The Hall–Kier alpha value is -2.32. The number of aromatic nitrogens is 1. The second-order valence-electron chi connectivity index (χ2n) is 4.05. The highest BCUT2D eigenvalue weighted by Crippen LogP contribution is 2.22. The third-order valence-corrected chi connectivity index (χ3v) is 2.72. The van der Waals surface area contributed by atoms with Crippen molar-refractivity contribution in [3.8, 4) is 0 Å². The number of rotatable bonds is 3. The van der Waals surface area contributed by atoms with Gasteiger partial charge in [0.1, 0.15) is 11.9 Å². The highest BCUT2D eigenvalue weighted by atomic mass is 35.5. The van der Waals surface area contributed by atoms with Crippen molar-refractivity contribution in [2.75, 3.05) is 0 Å². The number of amidine groups is 1. The molecule has 0 spiro atoms. The molecule has 2 rings (SSSR count). The van der Waals surface area contributed by atoms with Gasteiger partial charge < -0.3 is 5.11 Å². The fourth-order valence-electron chi connectivity index (χ4n) is 1.59. The third kappa shape index (κ3) is 3.37. The Morgan fingerprint density at radius 2 is 2.25 bits per heavy atom. The molecule has 1 aliphatic heterocycles. The lowest BCUT2D eigenvalue weighted by Gasteiger charge is -2.11. The maximum atomic E-state index is 11.3. The SMILES string of the molecule is CC(=O)c1ccnc(C[N+]2(Cl)N=CC(NC(=O)O)=N2)c1. The average molecular weight is 297 g/mol. The molecule has 0 fully saturated rings. The number of ketones is 1. The second kappa shape index (κ2) is 5.35. The number of halogens is 1. The van der Waals surface area contributed by atoms with Crippen LogP contribution in [0.4, 0.5) is 4.79 Å². The van der Waals surface area contributed by atoms with E-state index >= 15 is 0 Å². The molecule has 1 unspecified atom stereocenters. The Morgan fingerprint density at radius 3 is 2.90 bits per heavy atom. The van der Waals surface area contributed by atoms with Gasteiger partial charge in [-0.1, -0.05) is 0 Å². The summed E-state index contributed by atoms with van der Waals surface area (Å²) in [6, 6.07) is 3.19. The number of amides is 1. The zero-order chi connectivity index (χ0) is 14.8. The molecule has 8 nitrogen and oxygen atoms in total.